The van der Waals surface area contributed by atoms with E-state index in [2.05, 4.69) is 10.1 Å². The Morgan fingerprint density at radius 2 is 1.94 bits per heavy atom. The molecule has 0 radical (unpaired) electrons. The molecule has 0 aliphatic carbocycles. The summed E-state index contributed by atoms with van der Waals surface area (Å²) >= 11 is 5.43. The molecule has 0 saturated heterocycles. The Bertz CT molecular complexity index is 375. The third-order valence-corrected chi connectivity index (χ3v) is 2.10. The lowest BCUT2D eigenvalue weighted by Gasteiger charge is -2.04. The zero-order valence-corrected chi connectivity index (χ0v) is 9.58. The van der Waals surface area contributed by atoms with Gasteiger partial charge in [-0.3, -0.25) is 4.79 Å². The summed E-state index contributed by atoms with van der Waals surface area (Å²) in [4.78, 5) is 22.3. The topological polar surface area (TPSA) is 55.4 Å². The number of carbonyl (C=O) groups is 2. The molecule has 0 atom stereocenters. The van der Waals surface area contributed by atoms with Crippen LogP contribution in [0.2, 0.25) is 0 Å². The summed E-state index contributed by atoms with van der Waals surface area (Å²) in [6.45, 7) is 0. The lowest BCUT2D eigenvalue weighted by Crippen LogP contribution is -2.11. The number of hydrogen-bond donors (Lipinski definition) is 1. The van der Waals surface area contributed by atoms with Crippen molar-refractivity contribution >= 4 is 29.2 Å². The van der Waals surface area contributed by atoms with Crippen molar-refractivity contribution in [2.24, 2.45) is 0 Å². The van der Waals surface area contributed by atoms with Crippen LogP contribution >= 0.6 is 11.6 Å². The fourth-order valence-electron chi connectivity index (χ4n) is 1.12. The van der Waals surface area contributed by atoms with Crippen molar-refractivity contribution in [2.45, 2.75) is 6.42 Å². The van der Waals surface area contributed by atoms with E-state index >= 15 is 0 Å². The van der Waals surface area contributed by atoms with Gasteiger partial charge in [0.05, 0.1) is 12.7 Å². The van der Waals surface area contributed by atoms with E-state index in [4.69, 9.17) is 11.6 Å². The van der Waals surface area contributed by atoms with Gasteiger partial charge in [0, 0.05) is 18.0 Å². The van der Waals surface area contributed by atoms with Crippen LogP contribution in [0.4, 0.5) is 5.69 Å². The van der Waals surface area contributed by atoms with Crippen LogP contribution in [0.5, 0.6) is 0 Å². The van der Waals surface area contributed by atoms with E-state index in [-0.39, 0.29) is 18.2 Å². The summed E-state index contributed by atoms with van der Waals surface area (Å²) in [5, 5.41) is 2.65. The number of ether oxygens (including phenoxy) is 1. The second-order valence-electron chi connectivity index (χ2n) is 3.06. The van der Waals surface area contributed by atoms with Crippen molar-refractivity contribution < 1.29 is 14.3 Å². The van der Waals surface area contributed by atoms with Gasteiger partial charge < -0.3 is 10.1 Å². The van der Waals surface area contributed by atoms with Gasteiger partial charge in [0.2, 0.25) is 5.91 Å². The zero-order valence-electron chi connectivity index (χ0n) is 8.83. The third-order valence-electron chi connectivity index (χ3n) is 1.91. The van der Waals surface area contributed by atoms with Crippen LogP contribution in [0.25, 0.3) is 0 Å². The Morgan fingerprint density at radius 1 is 1.31 bits per heavy atom. The van der Waals surface area contributed by atoms with Crippen molar-refractivity contribution in [2.75, 3.05) is 18.3 Å². The maximum atomic E-state index is 11.2. The first-order valence-corrected chi connectivity index (χ1v) is 5.25. The number of nitrogens with one attached hydrogen (secondary N) is 1. The fourth-order valence-corrected chi connectivity index (χ4v) is 1.29. The Kier molecular flexibility index (Phi) is 4.79. The molecule has 0 aliphatic rings. The number of methoxy groups -OCH3 is 1. The standard InChI is InChI=1S/C11H12ClNO3/c1-16-11(15)8-2-4-9(5-3-8)13-10(14)6-7-12/h2-5H,6-7H2,1H3,(H,13,14). The summed E-state index contributed by atoms with van der Waals surface area (Å²) in [5.74, 6) is -0.272. The highest BCUT2D eigenvalue weighted by Gasteiger charge is 2.05. The Balaban J connectivity index is 2.64. The van der Waals surface area contributed by atoms with Crippen LogP contribution in [-0.4, -0.2) is 24.9 Å². The number of halogens is 1. The minimum Gasteiger partial charge on any atom is -0.465 e. The van der Waals surface area contributed by atoms with Gasteiger partial charge in [-0.1, -0.05) is 0 Å². The van der Waals surface area contributed by atoms with Crippen molar-refractivity contribution in [3.05, 3.63) is 29.8 Å². The molecule has 0 aliphatic heterocycles. The smallest absolute Gasteiger partial charge is 0.337 e. The van der Waals surface area contributed by atoms with E-state index in [1.165, 1.54) is 7.11 Å². The molecule has 0 aromatic heterocycles. The maximum Gasteiger partial charge on any atom is 0.337 e. The third kappa shape index (κ3) is 3.55. The quantitative estimate of drug-likeness (QED) is 0.648. The van der Waals surface area contributed by atoms with Crippen LogP contribution in [0.3, 0.4) is 0 Å². The summed E-state index contributed by atoms with van der Waals surface area (Å²) < 4.78 is 4.55. The molecule has 0 unspecified atom stereocenters. The van der Waals surface area contributed by atoms with Gasteiger partial charge >= 0.3 is 5.97 Å². The molecule has 16 heavy (non-hydrogen) atoms. The van der Waals surface area contributed by atoms with Gasteiger partial charge in [-0.05, 0) is 24.3 Å². The van der Waals surface area contributed by atoms with Crippen molar-refractivity contribution in [1.82, 2.24) is 0 Å². The number of benzene rings is 1. The second kappa shape index (κ2) is 6.12. The van der Waals surface area contributed by atoms with Crippen molar-refractivity contribution in [1.29, 1.82) is 0 Å². The molecule has 1 N–H and O–H groups in total. The molecule has 1 aromatic carbocycles. The van der Waals surface area contributed by atoms with E-state index in [1.54, 1.807) is 24.3 Å². The highest BCUT2D eigenvalue weighted by atomic mass is 35.5. The second-order valence-corrected chi connectivity index (χ2v) is 3.43. The van der Waals surface area contributed by atoms with Crippen LogP contribution in [0, 0.1) is 0 Å². The molecule has 0 bridgehead atoms. The normalized spacial score (nSPS) is 9.62. The van der Waals surface area contributed by atoms with E-state index < -0.39 is 5.97 Å². The van der Waals surface area contributed by atoms with Crippen molar-refractivity contribution in [3.63, 3.8) is 0 Å². The van der Waals surface area contributed by atoms with Crippen molar-refractivity contribution in [3.8, 4) is 0 Å². The predicted octanol–water partition coefficient (Wildman–Crippen LogP) is 2.04. The highest BCUT2D eigenvalue weighted by molar-refractivity contribution is 6.19. The Labute approximate surface area is 98.5 Å². The van der Waals surface area contributed by atoms with E-state index in [0.29, 0.717) is 11.3 Å². The maximum absolute atomic E-state index is 11.2. The lowest BCUT2D eigenvalue weighted by molar-refractivity contribution is -0.115. The number of amides is 1. The zero-order chi connectivity index (χ0) is 12.0. The predicted molar refractivity (Wildman–Crippen MR) is 61.7 cm³/mol. The Morgan fingerprint density at radius 3 is 2.44 bits per heavy atom. The number of anilines is 1. The first-order chi connectivity index (χ1) is 7.67. The van der Waals surface area contributed by atoms with Crippen LogP contribution < -0.4 is 5.32 Å². The SMILES string of the molecule is COC(=O)c1ccc(NC(=O)CCCl)cc1. The average molecular weight is 242 g/mol. The van der Waals surface area contributed by atoms with Gasteiger partial charge in [0.1, 0.15) is 0 Å². The first kappa shape index (κ1) is 12.5. The Hall–Kier alpha value is -1.55. The number of carbonyl (C=O) groups excluding carboxylic acids is 2. The highest BCUT2D eigenvalue weighted by Crippen LogP contribution is 2.10. The van der Waals surface area contributed by atoms with Gasteiger partial charge in [-0.2, -0.15) is 0 Å². The summed E-state index contributed by atoms with van der Waals surface area (Å²) in [6.07, 6.45) is 0.264. The summed E-state index contributed by atoms with van der Waals surface area (Å²) in [5.41, 5.74) is 1.07. The minimum atomic E-state index is -0.404. The molecule has 0 spiro atoms. The molecule has 0 fully saturated rings. The summed E-state index contributed by atoms with van der Waals surface area (Å²) in [7, 11) is 1.32. The molecular formula is C11H12ClNO3. The van der Waals surface area contributed by atoms with Crippen LogP contribution in [0.1, 0.15) is 16.8 Å². The number of alkyl halides is 1. The number of rotatable bonds is 4. The average Bonchev–Trinajstić information content (AvgIpc) is 2.29. The molecule has 1 aromatic rings. The molecule has 0 heterocycles. The molecular weight excluding hydrogens is 230 g/mol. The van der Waals surface area contributed by atoms with E-state index in [0.717, 1.165) is 0 Å². The molecule has 5 heteroatoms. The van der Waals surface area contributed by atoms with Crippen LogP contribution in [0.15, 0.2) is 24.3 Å². The van der Waals surface area contributed by atoms with Gasteiger partial charge in [0.15, 0.2) is 0 Å². The summed E-state index contributed by atoms with van der Waals surface area (Å²) in [6, 6.07) is 6.45. The minimum absolute atomic E-state index is 0.152. The largest absolute Gasteiger partial charge is 0.465 e. The number of hydrogen-bond acceptors (Lipinski definition) is 3. The van der Waals surface area contributed by atoms with E-state index in [1.807, 2.05) is 0 Å². The van der Waals surface area contributed by atoms with Gasteiger partial charge in [-0.15, -0.1) is 11.6 Å². The molecule has 1 rings (SSSR count). The number of esters is 1. The fraction of sp³-hybridized carbons (Fsp3) is 0.273. The van der Waals surface area contributed by atoms with Crippen LogP contribution in [-0.2, 0) is 9.53 Å². The first-order valence-electron chi connectivity index (χ1n) is 4.71. The monoisotopic (exact) mass is 241 g/mol. The lowest BCUT2D eigenvalue weighted by atomic mass is 10.2. The molecule has 86 valence electrons. The molecule has 0 saturated carbocycles. The van der Waals surface area contributed by atoms with Gasteiger partial charge in [-0.25, -0.2) is 4.79 Å². The van der Waals surface area contributed by atoms with Gasteiger partial charge in [0.25, 0.3) is 0 Å². The molecule has 1 amide bonds. The van der Waals surface area contributed by atoms with E-state index in [9.17, 15) is 9.59 Å². The molecule has 4 nitrogen and oxygen atoms in total.